The number of nitrogens with zero attached hydrogens (tertiary/aromatic N) is 2. The molecule has 35 heavy (non-hydrogen) atoms. The van der Waals surface area contributed by atoms with E-state index in [-0.39, 0.29) is 29.2 Å². The molecule has 2 amide bonds. The maximum Gasteiger partial charge on any atom is 0.339 e. The Balaban J connectivity index is 1.60. The molecular weight excluding hydrogens is 462 g/mol. The van der Waals surface area contributed by atoms with E-state index in [2.05, 4.69) is 5.32 Å². The average Bonchev–Trinajstić information content (AvgIpc) is 2.87. The van der Waals surface area contributed by atoms with E-state index in [9.17, 15) is 14.4 Å². The number of para-hydroxylation sites is 1. The van der Waals surface area contributed by atoms with Crippen molar-refractivity contribution in [2.24, 2.45) is 0 Å². The molecule has 0 fully saturated rings. The predicted octanol–water partition coefficient (Wildman–Crippen LogP) is 4.89. The molecule has 0 aliphatic heterocycles. The van der Waals surface area contributed by atoms with E-state index in [1.54, 1.807) is 53.4 Å². The van der Waals surface area contributed by atoms with Crippen molar-refractivity contribution in [3.05, 3.63) is 90.0 Å². The summed E-state index contributed by atoms with van der Waals surface area (Å²) in [6.07, 6.45) is 0. The van der Waals surface area contributed by atoms with E-state index in [0.29, 0.717) is 16.1 Å². The van der Waals surface area contributed by atoms with Crippen molar-refractivity contribution in [3.63, 3.8) is 0 Å². The first-order chi connectivity index (χ1) is 16.9. The molecular formula is C27H25N3O4S. The summed E-state index contributed by atoms with van der Waals surface area (Å²) in [6.45, 7) is 3.38. The van der Waals surface area contributed by atoms with Gasteiger partial charge in [-0.15, -0.1) is 11.8 Å². The highest BCUT2D eigenvalue weighted by Gasteiger charge is 2.22. The molecule has 3 aromatic rings. The largest absolute Gasteiger partial charge is 0.452 e. The molecule has 3 aromatic carbocycles. The molecule has 0 radical (unpaired) electrons. The van der Waals surface area contributed by atoms with Crippen LogP contribution in [0.2, 0.25) is 0 Å². The van der Waals surface area contributed by atoms with Gasteiger partial charge in [0.1, 0.15) is 0 Å². The number of anilines is 2. The lowest BCUT2D eigenvalue weighted by Gasteiger charge is -2.26. The lowest BCUT2D eigenvalue weighted by Crippen LogP contribution is -2.39. The summed E-state index contributed by atoms with van der Waals surface area (Å²) in [4.78, 5) is 40.1. The zero-order chi connectivity index (χ0) is 25.2. The van der Waals surface area contributed by atoms with Gasteiger partial charge in [0.15, 0.2) is 6.61 Å². The highest BCUT2D eigenvalue weighted by atomic mass is 32.2. The Morgan fingerprint density at radius 3 is 2.43 bits per heavy atom. The van der Waals surface area contributed by atoms with Crippen LogP contribution < -0.4 is 10.2 Å². The minimum Gasteiger partial charge on any atom is -0.452 e. The van der Waals surface area contributed by atoms with Gasteiger partial charge in [-0.05, 0) is 56.3 Å². The van der Waals surface area contributed by atoms with E-state index in [1.165, 1.54) is 11.8 Å². The van der Waals surface area contributed by atoms with Crippen LogP contribution in [0, 0.1) is 11.3 Å². The number of amides is 2. The van der Waals surface area contributed by atoms with Crippen LogP contribution in [0.4, 0.5) is 11.4 Å². The second-order valence-electron chi connectivity index (χ2n) is 7.79. The van der Waals surface area contributed by atoms with E-state index in [4.69, 9.17) is 10.00 Å². The third-order valence-corrected chi connectivity index (χ3v) is 5.96. The van der Waals surface area contributed by atoms with Crippen molar-refractivity contribution in [3.8, 4) is 6.07 Å². The lowest BCUT2D eigenvalue weighted by molar-refractivity contribution is -0.122. The summed E-state index contributed by atoms with van der Waals surface area (Å²) in [5.41, 5.74) is 1.97. The summed E-state index contributed by atoms with van der Waals surface area (Å²) in [7, 11) is 0. The van der Waals surface area contributed by atoms with Gasteiger partial charge in [0.25, 0.3) is 5.91 Å². The molecule has 8 heteroatoms. The molecule has 0 saturated carbocycles. The Morgan fingerprint density at radius 2 is 1.71 bits per heavy atom. The topological polar surface area (TPSA) is 99.5 Å². The quantitative estimate of drug-likeness (QED) is 0.341. The summed E-state index contributed by atoms with van der Waals surface area (Å²) < 4.78 is 5.34. The van der Waals surface area contributed by atoms with Crippen LogP contribution in [0.1, 0.15) is 29.8 Å². The molecule has 0 bridgehead atoms. The number of hydrogen-bond donors (Lipinski definition) is 1. The van der Waals surface area contributed by atoms with Gasteiger partial charge in [0.2, 0.25) is 5.91 Å². The van der Waals surface area contributed by atoms with Gasteiger partial charge < -0.3 is 15.0 Å². The van der Waals surface area contributed by atoms with E-state index >= 15 is 0 Å². The van der Waals surface area contributed by atoms with E-state index in [0.717, 1.165) is 5.69 Å². The third-order valence-electron chi connectivity index (χ3n) is 4.89. The summed E-state index contributed by atoms with van der Waals surface area (Å²) >= 11 is 1.18. The number of nitriles is 1. The minimum absolute atomic E-state index is 0.0507. The van der Waals surface area contributed by atoms with E-state index < -0.39 is 12.6 Å². The monoisotopic (exact) mass is 487 g/mol. The van der Waals surface area contributed by atoms with Gasteiger partial charge in [0, 0.05) is 22.3 Å². The van der Waals surface area contributed by atoms with Crippen LogP contribution in [0.25, 0.3) is 0 Å². The fourth-order valence-corrected chi connectivity index (χ4v) is 4.20. The van der Waals surface area contributed by atoms with Crippen LogP contribution in [0.15, 0.2) is 83.8 Å². The number of carbonyl (C=O) groups is 3. The molecule has 0 atom stereocenters. The van der Waals surface area contributed by atoms with Crippen molar-refractivity contribution in [1.29, 1.82) is 5.26 Å². The summed E-state index contributed by atoms with van der Waals surface area (Å²) in [5.74, 6) is -1.20. The fraction of sp³-hybridized carbons (Fsp3) is 0.185. The molecule has 7 nitrogen and oxygen atoms in total. The Hall–Kier alpha value is -4.09. The highest BCUT2D eigenvalue weighted by Crippen LogP contribution is 2.24. The van der Waals surface area contributed by atoms with E-state index in [1.807, 2.05) is 50.2 Å². The number of thioether (sulfide) groups is 1. The van der Waals surface area contributed by atoms with Gasteiger partial charge in [-0.3, -0.25) is 9.59 Å². The third kappa shape index (κ3) is 7.19. The first-order valence-corrected chi connectivity index (χ1v) is 11.9. The molecule has 0 spiro atoms. The maximum absolute atomic E-state index is 12.8. The standard InChI is InChI=1S/C27H25N3O4S/c1-19(2)30(22-11-4-3-5-12-22)26(32)17-34-27(33)23-13-6-7-14-24(23)35-18-25(31)29-21-10-8-9-20(15-21)16-28/h3-15,19H,17-18H2,1-2H3,(H,29,31). The Bertz CT molecular complexity index is 1240. The first-order valence-electron chi connectivity index (χ1n) is 10.9. The zero-order valence-electron chi connectivity index (χ0n) is 19.4. The molecule has 1 N–H and O–H groups in total. The van der Waals surface area contributed by atoms with Crippen molar-refractivity contribution >= 4 is 40.9 Å². The number of ether oxygens (including phenoxy) is 1. The van der Waals surface area contributed by atoms with Crippen molar-refractivity contribution < 1.29 is 19.1 Å². The van der Waals surface area contributed by atoms with Crippen LogP contribution in [-0.4, -0.2) is 36.2 Å². The van der Waals surface area contributed by atoms with Crippen molar-refractivity contribution in [2.75, 3.05) is 22.6 Å². The second-order valence-corrected chi connectivity index (χ2v) is 8.81. The van der Waals surface area contributed by atoms with Gasteiger partial charge >= 0.3 is 5.97 Å². The van der Waals surface area contributed by atoms with Crippen LogP contribution in [-0.2, 0) is 14.3 Å². The molecule has 0 unspecified atom stereocenters. The molecule has 0 aliphatic rings. The average molecular weight is 488 g/mol. The number of rotatable bonds is 9. The molecule has 0 saturated heterocycles. The fourth-order valence-electron chi connectivity index (χ4n) is 3.36. The summed E-state index contributed by atoms with van der Waals surface area (Å²) in [5, 5.41) is 11.7. The maximum atomic E-state index is 12.8. The zero-order valence-corrected chi connectivity index (χ0v) is 20.2. The highest BCUT2D eigenvalue weighted by molar-refractivity contribution is 8.00. The second kappa shape index (κ2) is 12.4. The Morgan fingerprint density at radius 1 is 1.00 bits per heavy atom. The van der Waals surface area contributed by atoms with Crippen LogP contribution >= 0.6 is 11.8 Å². The summed E-state index contributed by atoms with van der Waals surface area (Å²) in [6, 6.07) is 24.5. The number of esters is 1. The predicted molar refractivity (Wildman–Crippen MR) is 136 cm³/mol. The smallest absolute Gasteiger partial charge is 0.339 e. The van der Waals surface area contributed by atoms with Gasteiger partial charge in [-0.25, -0.2) is 4.79 Å². The lowest BCUT2D eigenvalue weighted by atomic mass is 10.2. The molecule has 3 rings (SSSR count). The van der Waals surface area contributed by atoms with Crippen LogP contribution in [0.3, 0.4) is 0 Å². The van der Waals surface area contributed by atoms with Crippen molar-refractivity contribution in [1.82, 2.24) is 0 Å². The SMILES string of the molecule is CC(C)N(C(=O)COC(=O)c1ccccc1SCC(=O)Nc1cccc(C#N)c1)c1ccccc1. The first kappa shape index (κ1) is 25.5. The number of carbonyl (C=O) groups excluding carboxylic acids is 3. The molecule has 0 heterocycles. The van der Waals surface area contributed by atoms with Crippen molar-refractivity contribution in [2.45, 2.75) is 24.8 Å². The molecule has 0 aromatic heterocycles. The minimum atomic E-state index is -0.639. The molecule has 0 aliphatic carbocycles. The number of benzene rings is 3. The number of hydrogen-bond acceptors (Lipinski definition) is 6. The Kier molecular flexibility index (Phi) is 9.04. The molecule has 178 valence electrons. The number of nitrogens with one attached hydrogen (secondary N) is 1. The normalized spacial score (nSPS) is 10.3. The van der Waals surface area contributed by atoms with Gasteiger partial charge in [-0.2, -0.15) is 5.26 Å². The van der Waals surface area contributed by atoms with Gasteiger partial charge in [0.05, 0.1) is 22.9 Å². The van der Waals surface area contributed by atoms with Gasteiger partial charge in [-0.1, -0.05) is 36.4 Å². The van der Waals surface area contributed by atoms with Crippen LogP contribution in [0.5, 0.6) is 0 Å². The Labute approximate surface area is 208 Å².